The van der Waals surface area contributed by atoms with Crippen molar-refractivity contribution in [3.8, 4) is 5.75 Å². The zero-order valence-corrected chi connectivity index (χ0v) is 19.1. The van der Waals surface area contributed by atoms with Gasteiger partial charge in [0.1, 0.15) is 11.4 Å². The normalized spacial score (nSPS) is 18.5. The van der Waals surface area contributed by atoms with Crippen LogP contribution in [0.5, 0.6) is 5.75 Å². The van der Waals surface area contributed by atoms with Gasteiger partial charge >= 0.3 is 0 Å². The van der Waals surface area contributed by atoms with Crippen LogP contribution >= 0.6 is 0 Å². The number of aromatic nitrogens is 1. The molecular weight excluding hydrogens is 386 g/mol. The van der Waals surface area contributed by atoms with Crippen LogP contribution < -0.4 is 10.1 Å². The van der Waals surface area contributed by atoms with Crippen LogP contribution in [-0.2, 0) is 19.4 Å². The molecule has 5 heteroatoms. The number of nitrogens with zero attached hydrogens (tertiary/aromatic N) is 2. The second kappa shape index (κ2) is 9.39. The molecule has 0 spiro atoms. The molecule has 1 unspecified atom stereocenters. The summed E-state index contributed by atoms with van der Waals surface area (Å²) < 4.78 is 5.65. The lowest BCUT2D eigenvalue weighted by atomic mass is 10.1. The zero-order chi connectivity index (χ0) is 21.8. The summed E-state index contributed by atoms with van der Waals surface area (Å²) in [6.07, 6.45) is 8.26. The highest BCUT2D eigenvalue weighted by Gasteiger charge is 2.36. The van der Waals surface area contributed by atoms with Gasteiger partial charge in [-0.1, -0.05) is 38.5 Å². The van der Waals surface area contributed by atoms with Crippen LogP contribution in [-0.4, -0.2) is 42.0 Å². The Labute approximate surface area is 186 Å². The summed E-state index contributed by atoms with van der Waals surface area (Å²) in [5.41, 5.74) is 5.06. The second-order valence-electron chi connectivity index (χ2n) is 9.58. The summed E-state index contributed by atoms with van der Waals surface area (Å²) in [6, 6.07) is 10.6. The van der Waals surface area contributed by atoms with Crippen LogP contribution in [0.4, 0.5) is 0 Å². The van der Waals surface area contributed by atoms with E-state index in [2.05, 4.69) is 42.3 Å². The van der Waals surface area contributed by atoms with Gasteiger partial charge in [-0.15, -0.1) is 0 Å². The quantitative estimate of drug-likeness (QED) is 0.578. The third-order valence-electron chi connectivity index (χ3n) is 6.76. The van der Waals surface area contributed by atoms with Gasteiger partial charge in [0.05, 0.1) is 12.8 Å². The molecule has 0 saturated heterocycles. The first kappa shape index (κ1) is 21.8. The monoisotopic (exact) mass is 421 g/mol. The van der Waals surface area contributed by atoms with Crippen molar-refractivity contribution in [1.82, 2.24) is 15.2 Å². The van der Waals surface area contributed by atoms with Crippen molar-refractivity contribution in [3.05, 3.63) is 58.9 Å². The number of carbonyl (C=O) groups excluding carboxylic acids is 1. The van der Waals surface area contributed by atoms with Crippen molar-refractivity contribution < 1.29 is 9.53 Å². The van der Waals surface area contributed by atoms with E-state index in [9.17, 15) is 4.79 Å². The number of rotatable bonds is 10. The number of hydrogen-bond acceptors (Lipinski definition) is 4. The van der Waals surface area contributed by atoms with Gasteiger partial charge in [0.15, 0.2) is 0 Å². The van der Waals surface area contributed by atoms with Crippen LogP contribution in [0, 0.1) is 5.41 Å². The summed E-state index contributed by atoms with van der Waals surface area (Å²) in [6.45, 7) is 7.18. The Hall–Kier alpha value is -2.40. The third-order valence-corrected chi connectivity index (χ3v) is 6.76. The van der Waals surface area contributed by atoms with Crippen LogP contribution in [0.25, 0.3) is 0 Å². The molecule has 0 radical (unpaired) electrons. The van der Waals surface area contributed by atoms with Crippen molar-refractivity contribution in [2.24, 2.45) is 5.41 Å². The highest BCUT2D eigenvalue weighted by molar-refractivity contribution is 5.92. The van der Waals surface area contributed by atoms with Crippen molar-refractivity contribution in [1.29, 1.82) is 0 Å². The Kier molecular flexibility index (Phi) is 6.61. The number of pyridine rings is 1. The van der Waals surface area contributed by atoms with Crippen molar-refractivity contribution in [3.63, 3.8) is 0 Å². The molecule has 1 saturated carbocycles. The maximum atomic E-state index is 13.0. The minimum Gasteiger partial charge on any atom is -0.492 e. The molecule has 1 aromatic carbocycles. The largest absolute Gasteiger partial charge is 0.492 e. The molecule has 166 valence electrons. The molecular formula is C26H35N3O2. The van der Waals surface area contributed by atoms with Crippen LogP contribution in [0.3, 0.4) is 0 Å². The van der Waals surface area contributed by atoms with Gasteiger partial charge in [-0.25, -0.2) is 4.98 Å². The number of nitrogens with one attached hydrogen (secondary N) is 1. The molecule has 1 heterocycles. The molecule has 1 aromatic heterocycles. The molecule has 0 bridgehead atoms. The predicted molar refractivity (Wildman–Crippen MR) is 123 cm³/mol. The van der Waals surface area contributed by atoms with Gasteiger partial charge in [-0.3, -0.25) is 4.79 Å². The first-order valence-electron chi connectivity index (χ1n) is 11.6. The number of ether oxygens (including phenoxy) is 1. The minimum atomic E-state index is -0.0301. The van der Waals surface area contributed by atoms with Gasteiger partial charge in [0, 0.05) is 26.2 Å². The summed E-state index contributed by atoms with van der Waals surface area (Å²) in [7, 11) is 1.89. The molecule has 2 aliphatic rings. The fourth-order valence-corrected chi connectivity index (χ4v) is 4.20. The first-order valence-corrected chi connectivity index (χ1v) is 11.6. The van der Waals surface area contributed by atoms with E-state index >= 15 is 0 Å². The molecule has 1 fully saturated rings. The lowest BCUT2D eigenvalue weighted by Crippen LogP contribution is -2.38. The van der Waals surface area contributed by atoms with E-state index in [1.165, 1.54) is 29.5 Å². The number of hydrogen-bond donors (Lipinski definition) is 1. The average Bonchev–Trinajstić information content (AvgIpc) is 3.35. The Morgan fingerprint density at radius 3 is 2.74 bits per heavy atom. The molecule has 31 heavy (non-hydrogen) atoms. The molecule has 2 aliphatic carbocycles. The Morgan fingerprint density at radius 2 is 2.03 bits per heavy atom. The number of unbranched alkanes of at least 4 members (excludes halogenated alkanes) is 1. The third kappa shape index (κ3) is 5.45. The SMILES string of the molecule is CCCCOc1ccc(C(=O)N(C)C2Cc3ccc(CNCC4(C)CC4)cc3C2)nc1. The topological polar surface area (TPSA) is 54.5 Å². The average molecular weight is 422 g/mol. The van der Waals surface area contributed by atoms with Crippen LogP contribution in [0.1, 0.15) is 66.7 Å². The molecule has 2 aromatic rings. The van der Waals surface area contributed by atoms with Gasteiger partial charge in [-0.2, -0.15) is 0 Å². The lowest BCUT2D eigenvalue weighted by molar-refractivity contribution is 0.0731. The van der Waals surface area contributed by atoms with Crippen molar-refractivity contribution >= 4 is 5.91 Å². The van der Waals surface area contributed by atoms with Crippen molar-refractivity contribution in [2.45, 2.75) is 65.0 Å². The zero-order valence-electron chi connectivity index (χ0n) is 19.1. The Morgan fingerprint density at radius 1 is 1.23 bits per heavy atom. The smallest absolute Gasteiger partial charge is 0.272 e. The number of likely N-dealkylation sites (N-methyl/N-ethyl adjacent to an activating group) is 1. The number of fused-ring (bicyclic) bond motifs is 1. The highest BCUT2D eigenvalue weighted by atomic mass is 16.5. The summed E-state index contributed by atoms with van der Waals surface area (Å²) in [5.74, 6) is 0.690. The Balaban J connectivity index is 1.32. The van der Waals surface area contributed by atoms with Crippen molar-refractivity contribution in [2.75, 3.05) is 20.2 Å². The Bertz CT molecular complexity index is 905. The highest BCUT2D eigenvalue weighted by Crippen LogP contribution is 2.44. The molecule has 1 amide bonds. The number of carbonyl (C=O) groups is 1. The van der Waals surface area contributed by atoms with E-state index in [0.29, 0.717) is 17.7 Å². The second-order valence-corrected chi connectivity index (χ2v) is 9.58. The number of amides is 1. The fourth-order valence-electron chi connectivity index (χ4n) is 4.20. The number of benzene rings is 1. The summed E-state index contributed by atoms with van der Waals surface area (Å²) in [5, 5.41) is 3.61. The molecule has 5 nitrogen and oxygen atoms in total. The van der Waals surface area contributed by atoms with E-state index in [0.717, 1.165) is 44.5 Å². The summed E-state index contributed by atoms with van der Waals surface area (Å²) >= 11 is 0. The van der Waals surface area contributed by atoms with Crippen LogP contribution in [0.2, 0.25) is 0 Å². The summed E-state index contributed by atoms with van der Waals surface area (Å²) in [4.78, 5) is 19.2. The minimum absolute atomic E-state index is 0.0301. The van der Waals surface area contributed by atoms with E-state index in [-0.39, 0.29) is 11.9 Å². The van der Waals surface area contributed by atoms with Gasteiger partial charge in [0.25, 0.3) is 5.91 Å². The van der Waals surface area contributed by atoms with E-state index < -0.39 is 0 Å². The molecule has 1 atom stereocenters. The van der Waals surface area contributed by atoms with Gasteiger partial charge in [-0.05, 0) is 66.3 Å². The van der Waals surface area contributed by atoms with E-state index in [1.807, 2.05) is 18.0 Å². The maximum Gasteiger partial charge on any atom is 0.272 e. The lowest BCUT2D eigenvalue weighted by Gasteiger charge is -2.24. The van der Waals surface area contributed by atoms with Gasteiger partial charge < -0.3 is 15.0 Å². The fraction of sp³-hybridized carbons (Fsp3) is 0.538. The molecule has 0 aliphatic heterocycles. The van der Waals surface area contributed by atoms with Gasteiger partial charge in [0.2, 0.25) is 0 Å². The van der Waals surface area contributed by atoms with E-state index in [1.54, 1.807) is 12.3 Å². The standard InChI is InChI=1S/C26H35N3O2/c1-4-5-12-31-23-8-9-24(28-17-23)25(30)29(3)22-14-20-7-6-19(13-21(20)15-22)16-27-18-26(2)10-11-26/h6-9,13,17,22,27H,4-5,10-12,14-16,18H2,1-3H3. The van der Waals surface area contributed by atoms with Crippen LogP contribution in [0.15, 0.2) is 36.5 Å². The molecule has 1 N–H and O–H groups in total. The van der Waals surface area contributed by atoms with E-state index in [4.69, 9.17) is 4.74 Å². The predicted octanol–water partition coefficient (Wildman–Crippen LogP) is 4.39. The first-order chi connectivity index (χ1) is 15.0. The maximum absolute atomic E-state index is 13.0. The molecule has 4 rings (SSSR count).